The largest absolute Gasteiger partial charge is 0.359 e. The van der Waals surface area contributed by atoms with E-state index in [1.54, 1.807) is 41.7 Å². The van der Waals surface area contributed by atoms with Gasteiger partial charge in [0.05, 0.1) is 4.90 Å². The van der Waals surface area contributed by atoms with Crippen LogP contribution in [0.3, 0.4) is 0 Å². The van der Waals surface area contributed by atoms with Crippen LogP contribution in [0, 0.1) is 5.92 Å². The van der Waals surface area contributed by atoms with Crippen molar-refractivity contribution < 1.29 is 13.2 Å². The number of piperidine rings is 1. The fraction of sp³-hybridized carbons (Fsp3) is 0.533. The van der Waals surface area contributed by atoms with Gasteiger partial charge in [-0.1, -0.05) is 18.2 Å². The van der Waals surface area contributed by atoms with Crippen LogP contribution in [-0.2, 0) is 14.8 Å². The van der Waals surface area contributed by atoms with E-state index in [1.807, 2.05) is 0 Å². The second-order valence-corrected chi connectivity index (χ2v) is 7.33. The van der Waals surface area contributed by atoms with E-state index in [2.05, 4.69) is 5.32 Å². The number of hydrogen-bond acceptors (Lipinski definition) is 3. The Labute approximate surface area is 126 Å². The summed E-state index contributed by atoms with van der Waals surface area (Å²) in [7, 11) is -1.79. The number of benzene rings is 1. The third-order valence-electron chi connectivity index (χ3n) is 3.92. The van der Waals surface area contributed by atoms with Crippen molar-refractivity contribution in [2.45, 2.75) is 30.6 Å². The molecule has 0 radical (unpaired) electrons. The lowest BCUT2D eigenvalue weighted by Gasteiger charge is -2.31. The SMILES string of the molecule is CNC(=O)CCC1CCCN(S(=O)(=O)c2ccccc2)C1. The number of nitrogens with zero attached hydrogens (tertiary/aromatic N) is 1. The highest BCUT2D eigenvalue weighted by atomic mass is 32.2. The van der Waals surface area contributed by atoms with Crippen LogP contribution in [-0.4, -0.2) is 38.8 Å². The van der Waals surface area contributed by atoms with Crippen LogP contribution in [0.15, 0.2) is 35.2 Å². The van der Waals surface area contributed by atoms with Crippen molar-refractivity contribution in [1.29, 1.82) is 0 Å². The molecule has 0 bridgehead atoms. The first-order chi connectivity index (χ1) is 10.0. The molecule has 21 heavy (non-hydrogen) atoms. The minimum absolute atomic E-state index is 0.0121. The Morgan fingerprint density at radius 1 is 1.33 bits per heavy atom. The van der Waals surface area contributed by atoms with E-state index in [0.29, 0.717) is 24.4 Å². The number of carbonyl (C=O) groups is 1. The highest BCUT2D eigenvalue weighted by Gasteiger charge is 2.30. The number of nitrogens with one attached hydrogen (secondary N) is 1. The molecule has 1 saturated heterocycles. The van der Waals surface area contributed by atoms with Gasteiger partial charge in [-0.15, -0.1) is 0 Å². The van der Waals surface area contributed by atoms with Gasteiger partial charge in [0, 0.05) is 26.6 Å². The number of hydrogen-bond donors (Lipinski definition) is 1. The minimum Gasteiger partial charge on any atom is -0.359 e. The molecule has 6 heteroatoms. The smallest absolute Gasteiger partial charge is 0.243 e. The molecule has 0 aromatic heterocycles. The molecule has 1 amide bonds. The van der Waals surface area contributed by atoms with Gasteiger partial charge in [-0.05, 0) is 37.3 Å². The van der Waals surface area contributed by atoms with Crippen LogP contribution < -0.4 is 5.32 Å². The summed E-state index contributed by atoms with van der Waals surface area (Å²) in [6, 6.07) is 8.54. The lowest BCUT2D eigenvalue weighted by Crippen LogP contribution is -2.40. The van der Waals surface area contributed by atoms with Gasteiger partial charge in [-0.3, -0.25) is 4.79 Å². The van der Waals surface area contributed by atoms with Gasteiger partial charge in [-0.25, -0.2) is 8.42 Å². The average Bonchev–Trinajstić information content (AvgIpc) is 2.53. The highest BCUT2D eigenvalue weighted by molar-refractivity contribution is 7.89. The normalized spacial score (nSPS) is 20.1. The van der Waals surface area contributed by atoms with Crippen molar-refractivity contribution in [3.05, 3.63) is 30.3 Å². The predicted octanol–water partition coefficient (Wildman–Crippen LogP) is 1.61. The molecule has 0 spiro atoms. The molecule has 1 aliphatic rings. The van der Waals surface area contributed by atoms with Crippen LogP contribution >= 0.6 is 0 Å². The average molecular weight is 310 g/mol. The summed E-state index contributed by atoms with van der Waals surface area (Å²) in [5, 5.41) is 2.60. The van der Waals surface area contributed by atoms with Crippen molar-refractivity contribution in [2.24, 2.45) is 5.92 Å². The molecule has 2 rings (SSSR count). The van der Waals surface area contributed by atoms with E-state index in [-0.39, 0.29) is 11.8 Å². The molecule has 1 fully saturated rings. The first kappa shape index (κ1) is 16.0. The fourth-order valence-corrected chi connectivity index (χ4v) is 4.26. The molecule has 1 atom stereocenters. The molecule has 1 aromatic rings. The quantitative estimate of drug-likeness (QED) is 0.898. The predicted molar refractivity (Wildman–Crippen MR) is 81.2 cm³/mol. The molecule has 1 heterocycles. The summed E-state index contributed by atoms with van der Waals surface area (Å²) >= 11 is 0. The van der Waals surface area contributed by atoms with Gasteiger partial charge < -0.3 is 5.32 Å². The van der Waals surface area contributed by atoms with Gasteiger partial charge in [-0.2, -0.15) is 4.31 Å². The summed E-state index contributed by atoms with van der Waals surface area (Å²) in [6.45, 7) is 1.07. The van der Waals surface area contributed by atoms with Crippen molar-refractivity contribution in [3.63, 3.8) is 0 Å². The van der Waals surface area contributed by atoms with Gasteiger partial charge in [0.15, 0.2) is 0 Å². The number of carbonyl (C=O) groups excluding carboxylic acids is 1. The van der Waals surface area contributed by atoms with Crippen LogP contribution in [0.4, 0.5) is 0 Å². The Balaban J connectivity index is 2.02. The summed E-state index contributed by atoms with van der Waals surface area (Å²) < 4.78 is 26.7. The Morgan fingerprint density at radius 2 is 2.05 bits per heavy atom. The molecule has 1 N–H and O–H groups in total. The molecule has 1 unspecified atom stereocenters. The Morgan fingerprint density at radius 3 is 2.71 bits per heavy atom. The summed E-state index contributed by atoms with van der Waals surface area (Å²) in [5.74, 6) is 0.271. The van der Waals surface area contributed by atoms with E-state index >= 15 is 0 Å². The third-order valence-corrected chi connectivity index (χ3v) is 5.80. The number of rotatable bonds is 5. The van der Waals surface area contributed by atoms with Crippen LogP contribution in [0.2, 0.25) is 0 Å². The van der Waals surface area contributed by atoms with Crippen LogP contribution in [0.25, 0.3) is 0 Å². The maximum atomic E-state index is 12.6. The fourth-order valence-electron chi connectivity index (χ4n) is 2.68. The van der Waals surface area contributed by atoms with E-state index < -0.39 is 10.0 Å². The zero-order chi connectivity index (χ0) is 15.3. The zero-order valence-electron chi connectivity index (χ0n) is 12.3. The van der Waals surface area contributed by atoms with Gasteiger partial charge in [0.25, 0.3) is 0 Å². The first-order valence-corrected chi connectivity index (χ1v) is 8.74. The number of amides is 1. The topological polar surface area (TPSA) is 66.5 Å². The van der Waals surface area contributed by atoms with Crippen molar-refractivity contribution in [3.8, 4) is 0 Å². The molecule has 1 aromatic carbocycles. The van der Waals surface area contributed by atoms with Gasteiger partial charge >= 0.3 is 0 Å². The maximum absolute atomic E-state index is 12.6. The zero-order valence-corrected chi connectivity index (χ0v) is 13.1. The maximum Gasteiger partial charge on any atom is 0.243 e. The minimum atomic E-state index is -3.41. The Hall–Kier alpha value is -1.40. The van der Waals surface area contributed by atoms with Crippen LogP contribution in [0.1, 0.15) is 25.7 Å². The molecular weight excluding hydrogens is 288 g/mol. The van der Waals surface area contributed by atoms with Crippen molar-refractivity contribution in [1.82, 2.24) is 9.62 Å². The molecule has 1 aliphatic heterocycles. The lowest BCUT2D eigenvalue weighted by atomic mass is 9.94. The number of sulfonamides is 1. The third kappa shape index (κ3) is 4.04. The monoisotopic (exact) mass is 310 g/mol. The van der Waals surface area contributed by atoms with Gasteiger partial charge in [0.1, 0.15) is 0 Å². The molecule has 0 saturated carbocycles. The standard InChI is InChI=1S/C15H22N2O3S/c1-16-15(18)10-9-13-6-5-11-17(12-13)21(19,20)14-7-3-2-4-8-14/h2-4,7-8,13H,5-6,9-12H2,1H3,(H,16,18). The van der Waals surface area contributed by atoms with E-state index in [9.17, 15) is 13.2 Å². The highest BCUT2D eigenvalue weighted by Crippen LogP contribution is 2.26. The van der Waals surface area contributed by atoms with Crippen molar-refractivity contribution >= 4 is 15.9 Å². The van der Waals surface area contributed by atoms with Crippen molar-refractivity contribution in [2.75, 3.05) is 20.1 Å². The Kier molecular flexibility index (Phi) is 5.36. The summed E-state index contributed by atoms with van der Waals surface area (Å²) in [4.78, 5) is 11.7. The van der Waals surface area contributed by atoms with Gasteiger partial charge in [0.2, 0.25) is 15.9 Å². The molecule has 116 valence electrons. The van der Waals surface area contributed by atoms with E-state index in [4.69, 9.17) is 0 Å². The molecule has 5 nitrogen and oxygen atoms in total. The second-order valence-electron chi connectivity index (χ2n) is 5.40. The molecular formula is C15H22N2O3S. The van der Waals surface area contributed by atoms with E-state index in [0.717, 1.165) is 19.3 Å². The Bertz CT molecular complexity index is 572. The van der Waals surface area contributed by atoms with E-state index in [1.165, 1.54) is 0 Å². The second kappa shape index (κ2) is 7.04. The summed E-state index contributed by atoms with van der Waals surface area (Å²) in [6.07, 6.45) is 3.03. The lowest BCUT2D eigenvalue weighted by molar-refractivity contribution is -0.120. The molecule has 0 aliphatic carbocycles. The van der Waals surface area contributed by atoms with Crippen LogP contribution in [0.5, 0.6) is 0 Å². The summed E-state index contributed by atoms with van der Waals surface area (Å²) in [5.41, 5.74) is 0. The first-order valence-electron chi connectivity index (χ1n) is 7.30.